The number of amides is 1. The quantitative estimate of drug-likeness (QED) is 0.715. The summed E-state index contributed by atoms with van der Waals surface area (Å²) >= 11 is 0. The SMILES string of the molecule is CCCC(C)(CC)C(=O)N1CCOCC1. The largest absolute Gasteiger partial charge is 0.378 e. The van der Waals surface area contributed by atoms with Gasteiger partial charge in [0.1, 0.15) is 0 Å². The van der Waals surface area contributed by atoms with Gasteiger partial charge in [0.05, 0.1) is 13.2 Å². The van der Waals surface area contributed by atoms with Gasteiger partial charge in [0, 0.05) is 18.5 Å². The van der Waals surface area contributed by atoms with Gasteiger partial charge in [-0.05, 0) is 12.8 Å². The lowest BCUT2D eigenvalue weighted by molar-refractivity contribution is -0.146. The standard InChI is InChI=1S/C12H23NO2/c1-4-6-12(3,5-2)11(14)13-7-9-15-10-8-13/h4-10H2,1-3H3. The Balaban J connectivity index is 2.62. The number of hydrogen-bond donors (Lipinski definition) is 0. The second-order valence-corrected chi connectivity index (χ2v) is 4.57. The molecule has 3 nitrogen and oxygen atoms in total. The zero-order chi connectivity index (χ0) is 11.3. The second-order valence-electron chi connectivity index (χ2n) is 4.57. The normalized spacial score (nSPS) is 21.1. The van der Waals surface area contributed by atoms with Crippen molar-refractivity contribution in [1.29, 1.82) is 0 Å². The van der Waals surface area contributed by atoms with Gasteiger partial charge in [-0.2, -0.15) is 0 Å². The number of carbonyl (C=O) groups is 1. The van der Waals surface area contributed by atoms with Crippen LogP contribution in [0, 0.1) is 5.41 Å². The fourth-order valence-corrected chi connectivity index (χ4v) is 2.13. The van der Waals surface area contributed by atoms with E-state index in [2.05, 4.69) is 20.8 Å². The molecule has 1 amide bonds. The van der Waals surface area contributed by atoms with Gasteiger partial charge in [0.2, 0.25) is 5.91 Å². The van der Waals surface area contributed by atoms with Gasteiger partial charge in [-0.1, -0.05) is 27.2 Å². The molecule has 1 fully saturated rings. The summed E-state index contributed by atoms with van der Waals surface area (Å²) in [5.74, 6) is 0.315. The van der Waals surface area contributed by atoms with Crippen LogP contribution in [0.5, 0.6) is 0 Å². The van der Waals surface area contributed by atoms with Gasteiger partial charge in [-0.15, -0.1) is 0 Å². The second kappa shape index (κ2) is 5.50. The summed E-state index contributed by atoms with van der Waals surface area (Å²) in [5, 5.41) is 0. The smallest absolute Gasteiger partial charge is 0.228 e. The molecule has 0 N–H and O–H groups in total. The van der Waals surface area contributed by atoms with Crippen molar-refractivity contribution in [1.82, 2.24) is 4.90 Å². The van der Waals surface area contributed by atoms with Gasteiger partial charge in [0.25, 0.3) is 0 Å². The molecule has 1 rings (SSSR count). The lowest BCUT2D eigenvalue weighted by atomic mass is 9.81. The Morgan fingerprint density at radius 1 is 1.33 bits per heavy atom. The summed E-state index contributed by atoms with van der Waals surface area (Å²) in [6.45, 7) is 9.24. The molecule has 0 aromatic carbocycles. The van der Waals surface area contributed by atoms with E-state index in [1.807, 2.05) is 4.90 Å². The molecule has 1 heterocycles. The molecule has 0 aliphatic carbocycles. The predicted octanol–water partition coefficient (Wildman–Crippen LogP) is 2.06. The van der Waals surface area contributed by atoms with Crippen LogP contribution in [-0.2, 0) is 9.53 Å². The molecule has 1 unspecified atom stereocenters. The third-order valence-corrected chi connectivity index (χ3v) is 3.40. The van der Waals surface area contributed by atoms with Crippen LogP contribution in [0.25, 0.3) is 0 Å². The first-order valence-electron chi connectivity index (χ1n) is 6.01. The van der Waals surface area contributed by atoms with Crippen molar-refractivity contribution >= 4 is 5.91 Å². The van der Waals surface area contributed by atoms with E-state index in [1.54, 1.807) is 0 Å². The summed E-state index contributed by atoms with van der Waals surface area (Å²) < 4.78 is 5.26. The highest BCUT2D eigenvalue weighted by molar-refractivity contribution is 5.82. The Kier molecular flexibility index (Phi) is 4.58. The number of carbonyl (C=O) groups excluding carboxylic acids is 1. The van der Waals surface area contributed by atoms with E-state index < -0.39 is 0 Å². The molecule has 0 radical (unpaired) electrons. The van der Waals surface area contributed by atoms with Gasteiger partial charge >= 0.3 is 0 Å². The third-order valence-electron chi connectivity index (χ3n) is 3.40. The van der Waals surface area contributed by atoms with Gasteiger partial charge < -0.3 is 9.64 Å². The van der Waals surface area contributed by atoms with Crippen molar-refractivity contribution in [3.63, 3.8) is 0 Å². The number of rotatable bonds is 4. The maximum Gasteiger partial charge on any atom is 0.228 e. The highest BCUT2D eigenvalue weighted by Gasteiger charge is 2.34. The van der Waals surface area contributed by atoms with Crippen molar-refractivity contribution in [2.24, 2.45) is 5.41 Å². The first-order chi connectivity index (χ1) is 7.14. The van der Waals surface area contributed by atoms with Crippen LogP contribution in [0.2, 0.25) is 0 Å². The Hall–Kier alpha value is -0.570. The molecule has 0 bridgehead atoms. The number of nitrogens with zero attached hydrogens (tertiary/aromatic N) is 1. The highest BCUT2D eigenvalue weighted by atomic mass is 16.5. The monoisotopic (exact) mass is 213 g/mol. The van der Waals surface area contributed by atoms with E-state index in [1.165, 1.54) is 0 Å². The summed E-state index contributed by atoms with van der Waals surface area (Å²) in [6.07, 6.45) is 2.98. The zero-order valence-corrected chi connectivity index (χ0v) is 10.2. The number of hydrogen-bond acceptors (Lipinski definition) is 2. The van der Waals surface area contributed by atoms with Crippen molar-refractivity contribution in [3.8, 4) is 0 Å². The average Bonchev–Trinajstić information content (AvgIpc) is 2.29. The fraction of sp³-hybridized carbons (Fsp3) is 0.917. The Morgan fingerprint density at radius 3 is 2.40 bits per heavy atom. The molecule has 0 spiro atoms. The Labute approximate surface area is 92.8 Å². The van der Waals surface area contributed by atoms with Gasteiger partial charge in [-0.25, -0.2) is 0 Å². The molecule has 0 saturated carbocycles. The minimum absolute atomic E-state index is 0.161. The molecule has 1 atom stereocenters. The van der Waals surface area contributed by atoms with Crippen LogP contribution >= 0.6 is 0 Å². The summed E-state index contributed by atoms with van der Waals surface area (Å²) in [7, 11) is 0. The minimum Gasteiger partial charge on any atom is -0.378 e. The van der Waals surface area contributed by atoms with Crippen LogP contribution in [-0.4, -0.2) is 37.1 Å². The topological polar surface area (TPSA) is 29.5 Å². The van der Waals surface area contributed by atoms with E-state index in [4.69, 9.17) is 4.74 Å². The molecule has 0 aromatic heterocycles. The number of morpholine rings is 1. The van der Waals surface area contributed by atoms with Crippen molar-refractivity contribution in [2.75, 3.05) is 26.3 Å². The molecule has 88 valence electrons. The Bertz CT molecular complexity index is 212. The molecular weight excluding hydrogens is 190 g/mol. The Morgan fingerprint density at radius 2 is 1.93 bits per heavy atom. The van der Waals surface area contributed by atoms with E-state index in [0.717, 1.165) is 32.4 Å². The molecule has 3 heteroatoms. The molecule has 15 heavy (non-hydrogen) atoms. The van der Waals surface area contributed by atoms with Crippen LogP contribution in [0.3, 0.4) is 0 Å². The van der Waals surface area contributed by atoms with Gasteiger partial charge in [-0.3, -0.25) is 4.79 Å². The first-order valence-corrected chi connectivity index (χ1v) is 6.01. The molecule has 1 aliphatic rings. The van der Waals surface area contributed by atoms with E-state index in [9.17, 15) is 4.79 Å². The molecular formula is C12H23NO2. The summed E-state index contributed by atoms with van der Waals surface area (Å²) in [4.78, 5) is 14.3. The molecule has 0 aromatic rings. The molecule has 1 aliphatic heterocycles. The predicted molar refractivity (Wildman–Crippen MR) is 60.7 cm³/mol. The van der Waals surface area contributed by atoms with E-state index in [0.29, 0.717) is 19.1 Å². The zero-order valence-electron chi connectivity index (χ0n) is 10.2. The van der Waals surface area contributed by atoms with Crippen LogP contribution in [0.15, 0.2) is 0 Å². The highest BCUT2D eigenvalue weighted by Crippen LogP contribution is 2.30. The maximum absolute atomic E-state index is 12.3. The maximum atomic E-state index is 12.3. The van der Waals surface area contributed by atoms with Crippen molar-refractivity contribution in [3.05, 3.63) is 0 Å². The van der Waals surface area contributed by atoms with Crippen LogP contribution in [0.4, 0.5) is 0 Å². The van der Waals surface area contributed by atoms with Crippen molar-refractivity contribution in [2.45, 2.75) is 40.0 Å². The lowest BCUT2D eigenvalue weighted by Gasteiger charge is -2.35. The fourth-order valence-electron chi connectivity index (χ4n) is 2.13. The molecule has 1 saturated heterocycles. The minimum atomic E-state index is -0.161. The summed E-state index contributed by atoms with van der Waals surface area (Å²) in [6, 6.07) is 0. The average molecular weight is 213 g/mol. The van der Waals surface area contributed by atoms with E-state index >= 15 is 0 Å². The van der Waals surface area contributed by atoms with Gasteiger partial charge in [0.15, 0.2) is 0 Å². The van der Waals surface area contributed by atoms with Crippen molar-refractivity contribution < 1.29 is 9.53 Å². The number of ether oxygens (including phenoxy) is 1. The van der Waals surface area contributed by atoms with E-state index in [-0.39, 0.29) is 5.41 Å². The third kappa shape index (κ3) is 2.94. The van der Waals surface area contributed by atoms with Crippen LogP contribution in [0.1, 0.15) is 40.0 Å². The van der Waals surface area contributed by atoms with Crippen LogP contribution < -0.4 is 0 Å². The summed E-state index contributed by atoms with van der Waals surface area (Å²) in [5.41, 5.74) is -0.161. The first kappa shape index (κ1) is 12.5. The lowest BCUT2D eigenvalue weighted by Crippen LogP contribution is -2.47.